The molecular weight excluding hydrogens is 212 g/mol. The van der Waals surface area contributed by atoms with E-state index in [1.165, 1.54) is 19.3 Å². The second-order valence-corrected chi connectivity index (χ2v) is 7.49. The van der Waals surface area contributed by atoms with Gasteiger partial charge in [0.25, 0.3) is 0 Å². The van der Waals surface area contributed by atoms with E-state index in [4.69, 9.17) is 9.47 Å². The van der Waals surface area contributed by atoms with E-state index in [0.717, 1.165) is 29.8 Å². The van der Waals surface area contributed by atoms with Crippen molar-refractivity contribution in [3.63, 3.8) is 0 Å². The minimum atomic E-state index is 0.0108. The first-order valence-electron chi connectivity index (χ1n) is 7.38. The Bertz CT molecular complexity index is 421. The summed E-state index contributed by atoms with van der Waals surface area (Å²) in [5.41, 5.74) is 1.42. The van der Waals surface area contributed by atoms with Crippen LogP contribution in [0.15, 0.2) is 0 Å². The molecule has 5 aliphatic rings. The highest BCUT2D eigenvalue weighted by molar-refractivity contribution is 5.47. The van der Waals surface area contributed by atoms with Crippen molar-refractivity contribution < 1.29 is 9.47 Å². The second kappa shape index (κ2) is 2.34. The van der Waals surface area contributed by atoms with Crippen LogP contribution < -0.4 is 0 Å². The number of hydrogen-bond acceptors (Lipinski definition) is 2. The van der Waals surface area contributed by atoms with Crippen LogP contribution in [0.1, 0.15) is 40.0 Å². The molecule has 4 aliphatic carbocycles. The predicted molar refractivity (Wildman–Crippen MR) is 63.3 cm³/mol. The Hall–Kier alpha value is -0.0800. The average molecular weight is 234 g/mol. The van der Waals surface area contributed by atoms with Gasteiger partial charge in [0, 0.05) is 11.3 Å². The summed E-state index contributed by atoms with van der Waals surface area (Å²) in [5.74, 6) is 3.67. The van der Waals surface area contributed by atoms with E-state index >= 15 is 0 Å². The summed E-state index contributed by atoms with van der Waals surface area (Å²) in [5, 5.41) is 0. The maximum absolute atomic E-state index is 6.43. The van der Waals surface area contributed by atoms with Crippen molar-refractivity contribution in [1.82, 2.24) is 0 Å². The summed E-state index contributed by atoms with van der Waals surface area (Å²) in [6.45, 7) is 7.87. The molecule has 1 heterocycles. The van der Waals surface area contributed by atoms with Crippen LogP contribution in [-0.2, 0) is 9.47 Å². The summed E-state index contributed by atoms with van der Waals surface area (Å²) in [4.78, 5) is 0. The van der Waals surface area contributed by atoms with Crippen LogP contribution in [-0.4, -0.2) is 18.5 Å². The average Bonchev–Trinajstić information content (AvgIpc) is 2.95. The fourth-order valence-corrected chi connectivity index (χ4v) is 7.19. The van der Waals surface area contributed by atoms with Crippen molar-refractivity contribution in [2.24, 2.45) is 34.5 Å². The highest BCUT2D eigenvalue weighted by atomic mass is 16.7. The van der Waals surface area contributed by atoms with Crippen LogP contribution in [0.4, 0.5) is 0 Å². The summed E-state index contributed by atoms with van der Waals surface area (Å²) in [7, 11) is 0. The molecule has 0 bridgehead atoms. The van der Waals surface area contributed by atoms with Crippen molar-refractivity contribution >= 4 is 0 Å². The molecule has 1 aliphatic heterocycles. The molecule has 0 N–H and O–H groups in total. The van der Waals surface area contributed by atoms with Crippen LogP contribution in [0.2, 0.25) is 0 Å². The molecule has 0 aromatic rings. The molecule has 8 unspecified atom stereocenters. The van der Waals surface area contributed by atoms with Gasteiger partial charge in [-0.3, -0.25) is 0 Å². The standard InChI is InChI=1S/C15H22O2/c1-8-7-16-9(2)17-14(8)6-11-10-4-5-12-13(14,3)15(10,11)12/h8-12H,4-7H2,1-3H3. The minimum Gasteiger partial charge on any atom is -0.353 e. The largest absolute Gasteiger partial charge is 0.353 e. The molecule has 5 fully saturated rings. The molecule has 0 aromatic heterocycles. The Balaban J connectivity index is 1.62. The highest BCUT2D eigenvalue weighted by Crippen LogP contribution is 3.02. The molecule has 2 nitrogen and oxygen atoms in total. The van der Waals surface area contributed by atoms with E-state index in [1.807, 2.05) is 0 Å². The predicted octanol–water partition coefficient (Wildman–Crippen LogP) is 2.82. The zero-order valence-electron chi connectivity index (χ0n) is 11.0. The number of fused-ring (bicyclic) bond motifs is 3. The van der Waals surface area contributed by atoms with Gasteiger partial charge in [0.2, 0.25) is 0 Å². The molecule has 0 radical (unpaired) electrons. The van der Waals surface area contributed by atoms with Crippen molar-refractivity contribution in [2.75, 3.05) is 6.61 Å². The number of hydrogen-bond donors (Lipinski definition) is 0. The molecular formula is C15H22O2. The third kappa shape index (κ3) is 0.669. The summed E-state index contributed by atoms with van der Waals surface area (Å²) >= 11 is 0. The first kappa shape index (κ1) is 9.80. The Morgan fingerprint density at radius 2 is 1.94 bits per heavy atom. The maximum atomic E-state index is 6.43. The molecule has 8 atom stereocenters. The summed E-state index contributed by atoms with van der Waals surface area (Å²) in [6, 6.07) is 0. The van der Waals surface area contributed by atoms with E-state index in [2.05, 4.69) is 20.8 Å². The van der Waals surface area contributed by atoms with Gasteiger partial charge in [0.1, 0.15) is 0 Å². The number of ether oxygens (including phenoxy) is 2. The highest BCUT2D eigenvalue weighted by Gasteiger charge is 3.00. The maximum Gasteiger partial charge on any atom is 0.155 e. The Kier molecular flexibility index (Phi) is 1.35. The first-order valence-corrected chi connectivity index (χ1v) is 7.38. The van der Waals surface area contributed by atoms with Crippen LogP contribution in [0.5, 0.6) is 0 Å². The van der Waals surface area contributed by atoms with Crippen molar-refractivity contribution in [3.05, 3.63) is 0 Å². The Labute approximate surface area is 103 Å². The molecule has 0 aromatic carbocycles. The fraction of sp³-hybridized carbons (Fsp3) is 1.00. The van der Waals surface area contributed by atoms with Crippen LogP contribution in [0, 0.1) is 34.5 Å². The molecule has 2 heteroatoms. The molecule has 2 spiro atoms. The van der Waals surface area contributed by atoms with Crippen molar-refractivity contribution in [3.8, 4) is 0 Å². The van der Waals surface area contributed by atoms with Gasteiger partial charge in [-0.15, -0.1) is 0 Å². The first-order chi connectivity index (χ1) is 8.09. The van der Waals surface area contributed by atoms with Gasteiger partial charge in [-0.2, -0.15) is 0 Å². The van der Waals surface area contributed by atoms with Crippen LogP contribution in [0.25, 0.3) is 0 Å². The fourth-order valence-electron chi connectivity index (χ4n) is 7.19. The van der Waals surface area contributed by atoms with E-state index in [-0.39, 0.29) is 11.9 Å². The quantitative estimate of drug-likeness (QED) is 0.641. The third-order valence-corrected chi connectivity index (χ3v) is 7.62. The monoisotopic (exact) mass is 234 g/mol. The van der Waals surface area contributed by atoms with E-state index in [9.17, 15) is 0 Å². The van der Waals surface area contributed by atoms with E-state index in [1.54, 1.807) is 0 Å². The molecule has 4 saturated carbocycles. The summed E-state index contributed by atoms with van der Waals surface area (Å²) in [6.07, 6.45) is 4.34. The SMILES string of the molecule is CC1OCC(C)C2(CC3C4CCC5C43C52C)O1. The smallest absolute Gasteiger partial charge is 0.155 e. The molecule has 94 valence electrons. The van der Waals surface area contributed by atoms with Gasteiger partial charge in [0.05, 0.1) is 12.2 Å². The zero-order valence-corrected chi connectivity index (χ0v) is 11.0. The zero-order chi connectivity index (χ0) is 11.6. The molecule has 1 saturated heterocycles. The molecule has 0 amide bonds. The lowest BCUT2D eigenvalue weighted by Crippen LogP contribution is -2.55. The topological polar surface area (TPSA) is 18.5 Å². The van der Waals surface area contributed by atoms with Gasteiger partial charge >= 0.3 is 0 Å². The molecule has 5 rings (SSSR count). The van der Waals surface area contributed by atoms with Crippen molar-refractivity contribution in [1.29, 1.82) is 0 Å². The third-order valence-electron chi connectivity index (χ3n) is 7.62. The lowest BCUT2D eigenvalue weighted by molar-refractivity contribution is -0.296. The Morgan fingerprint density at radius 3 is 2.65 bits per heavy atom. The second-order valence-electron chi connectivity index (χ2n) is 7.49. The summed E-state index contributed by atoms with van der Waals surface area (Å²) < 4.78 is 12.1. The van der Waals surface area contributed by atoms with E-state index in [0.29, 0.717) is 11.3 Å². The molecule has 17 heavy (non-hydrogen) atoms. The lowest BCUT2D eigenvalue weighted by Gasteiger charge is -2.50. The Morgan fingerprint density at radius 1 is 1.12 bits per heavy atom. The number of rotatable bonds is 0. The lowest BCUT2D eigenvalue weighted by atomic mass is 9.70. The van der Waals surface area contributed by atoms with Crippen molar-refractivity contribution in [2.45, 2.75) is 51.9 Å². The van der Waals surface area contributed by atoms with E-state index < -0.39 is 0 Å². The van der Waals surface area contributed by atoms with Crippen LogP contribution in [0.3, 0.4) is 0 Å². The van der Waals surface area contributed by atoms with Gasteiger partial charge < -0.3 is 9.47 Å². The van der Waals surface area contributed by atoms with Gasteiger partial charge in [-0.25, -0.2) is 0 Å². The minimum absolute atomic E-state index is 0.0108. The van der Waals surface area contributed by atoms with Gasteiger partial charge in [-0.05, 0) is 49.4 Å². The van der Waals surface area contributed by atoms with Crippen LogP contribution >= 0.6 is 0 Å². The van der Waals surface area contributed by atoms with Gasteiger partial charge in [0.15, 0.2) is 6.29 Å². The normalized spacial score (nSPS) is 74.6. The van der Waals surface area contributed by atoms with Gasteiger partial charge in [-0.1, -0.05) is 13.8 Å².